The lowest BCUT2D eigenvalue weighted by atomic mass is 10.1. The Bertz CT molecular complexity index is 833. The van der Waals surface area contributed by atoms with Crippen molar-refractivity contribution in [3.63, 3.8) is 0 Å². The lowest BCUT2D eigenvalue weighted by Gasteiger charge is -2.17. The van der Waals surface area contributed by atoms with Crippen molar-refractivity contribution in [2.45, 2.75) is 12.6 Å². The number of amidine groups is 1. The van der Waals surface area contributed by atoms with Gasteiger partial charge < -0.3 is 20.5 Å². The van der Waals surface area contributed by atoms with Gasteiger partial charge in [-0.25, -0.2) is 4.39 Å². The summed E-state index contributed by atoms with van der Waals surface area (Å²) in [5.41, 5.74) is 6.63. The molecule has 1 unspecified atom stereocenters. The first kappa shape index (κ1) is 22.7. The van der Waals surface area contributed by atoms with Crippen molar-refractivity contribution in [3.05, 3.63) is 63.9 Å². The molecule has 2 aromatic carbocycles. The van der Waals surface area contributed by atoms with Crippen LogP contribution in [0.2, 0.25) is 5.02 Å². The second-order valence-corrected chi connectivity index (χ2v) is 5.85. The smallest absolute Gasteiger partial charge is 0.254 e. The van der Waals surface area contributed by atoms with Crippen LogP contribution in [0, 0.1) is 11.2 Å². The Hall–Kier alpha value is -2.35. The van der Waals surface area contributed by atoms with E-state index >= 15 is 0 Å². The maximum atomic E-state index is 14.2. The third-order valence-corrected chi connectivity index (χ3v) is 4.13. The maximum Gasteiger partial charge on any atom is 0.254 e. The van der Waals surface area contributed by atoms with Crippen LogP contribution in [0.5, 0.6) is 5.75 Å². The molecule has 0 bridgehead atoms. The van der Waals surface area contributed by atoms with E-state index in [4.69, 9.17) is 32.2 Å². The normalized spacial score (nSPS) is 11.3. The van der Waals surface area contributed by atoms with E-state index in [2.05, 4.69) is 5.32 Å². The number of hydrogen-bond acceptors (Lipinski definition) is 4. The van der Waals surface area contributed by atoms with Gasteiger partial charge in [0.05, 0.1) is 7.11 Å². The monoisotopic (exact) mass is 415 g/mol. The number of carbonyl (C=O) groups excluding carboxylic acids is 1. The zero-order valence-electron chi connectivity index (χ0n) is 14.7. The zero-order valence-corrected chi connectivity index (χ0v) is 16.3. The van der Waals surface area contributed by atoms with E-state index in [0.29, 0.717) is 21.9 Å². The van der Waals surface area contributed by atoms with Crippen LogP contribution in [0.25, 0.3) is 0 Å². The van der Waals surface area contributed by atoms with Crippen LogP contribution >= 0.6 is 24.0 Å². The SMILES string of the molecule is COc1ccc(C(OC)C(=O)NCc2ccc(C(=N)N)cc2Cl)c(F)c1.Cl. The van der Waals surface area contributed by atoms with Crippen LogP contribution < -0.4 is 15.8 Å². The summed E-state index contributed by atoms with van der Waals surface area (Å²) in [6.07, 6.45) is -1.11. The molecule has 0 saturated heterocycles. The molecule has 0 fully saturated rings. The second-order valence-electron chi connectivity index (χ2n) is 5.44. The molecule has 4 N–H and O–H groups in total. The van der Waals surface area contributed by atoms with Gasteiger partial charge in [0.1, 0.15) is 17.4 Å². The molecule has 2 aromatic rings. The Labute approximate surface area is 167 Å². The maximum absolute atomic E-state index is 14.2. The molecule has 0 aromatic heterocycles. The minimum absolute atomic E-state index is 0. The minimum atomic E-state index is -1.11. The summed E-state index contributed by atoms with van der Waals surface area (Å²) in [6.45, 7) is 0.119. The van der Waals surface area contributed by atoms with Crippen molar-refractivity contribution < 1.29 is 18.7 Å². The standard InChI is InChI=1S/C18H19ClFN3O3.ClH/c1-25-12-5-6-13(15(20)8-12)16(26-2)18(24)23-9-11-4-3-10(17(21)22)7-14(11)19;/h3-8,16H,9H2,1-2H3,(H3,21,22)(H,23,24);1H. The van der Waals surface area contributed by atoms with Gasteiger partial charge in [0, 0.05) is 35.9 Å². The summed E-state index contributed by atoms with van der Waals surface area (Å²) in [4.78, 5) is 12.4. The number of nitrogens with one attached hydrogen (secondary N) is 2. The van der Waals surface area contributed by atoms with Gasteiger partial charge in [-0.05, 0) is 23.8 Å². The highest BCUT2D eigenvalue weighted by atomic mass is 35.5. The van der Waals surface area contributed by atoms with E-state index in [9.17, 15) is 9.18 Å². The molecule has 1 amide bonds. The minimum Gasteiger partial charge on any atom is -0.497 e. The van der Waals surface area contributed by atoms with E-state index in [-0.39, 0.29) is 30.4 Å². The quantitative estimate of drug-likeness (QED) is 0.477. The first-order chi connectivity index (χ1) is 12.4. The molecule has 0 saturated carbocycles. The van der Waals surface area contributed by atoms with Gasteiger partial charge in [-0.1, -0.05) is 23.7 Å². The summed E-state index contributed by atoms with van der Waals surface area (Å²) in [5, 5.41) is 10.4. The lowest BCUT2D eigenvalue weighted by molar-refractivity contribution is -0.131. The average molecular weight is 416 g/mol. The Morgan fingerprint density at radius 3 is 2.52 bits per heavy atom. The van der Waals surface area contributed by atoms with Crippen LogP contribution in [-0.4, -0.2) is 26.0 Å². The fraction of sp³-hybridized carbons (Fsp3) is 0.222. The van der Waals surface area contributed by atoms with E-state index in [0.717, 1.165) is 0 Å². The molecule has 0 aliphatic carbocycles. The molecule has 1 atom stereocenters. The van der Waals surface area contributed by atoms with Crippen LogP contribution in [0.3, 0.4) is 0 Å². The Morgan fingerprint density at radius 1 is 1.30 bits per heavy atom. The van der Waals surface area contributed by atoms with Gasteiger partial charge in [-0.15, -0.1) is 12.4 Å². The molecule has 9 heteroatoms. The topological polar surface area (TPSA) is 97.4 Å². The fourth-order valence-electron chi connectivity index (χ4n) is 2.36. The summed E-state index contributed by atoms with van der Waals surface area (Å²) < 4.78 is 24.3. The van der Waals surface area contributed by atoms with Crippen molar-refractivity contribution >= 4 is 35.8 Å². The molecule has 6 nitrogen and oxygen atoms in total. The Kier molecular flexibility index (Phi) is 8.49. The molecule has 0 aliphatic rings. The van der Waals surface area contributed by atoms with Crippen LogP contribution in [-0.2, 0) is 16.1 Å². The Balaban J connectivity index is 0.00000364. The van der Waals surface area contributed by atoms with Crippen LogP contribution in [0.4, 0.5) is 4.39 Å². The number of halogens is 3. The number of methoxy groups -OCH3 is 2. The summed E-state index contributed by atoms with van der Waals surface area (Å²) >= 11 is 6.14. The molecule has 0 radical (unpaired) electrons. The summed E-state index contributed by atoms with van der Waals surface area (Å²) in [6, 6.07) is 9.02. The van der Waals surface area contributed by atoms with Crippen molar-refractivity contribution in [1.82, 2.24) is 5.32 Å². The second kappa shape index (κ2) is 10.1. The van der Waals surface area contributed by atoms with Gasteiger partial charge in [0.15, 0.2) is 6.10 Å². The molecule has 0 spiro atoms. The van der Waals surface area contributed by atoms with Gasteiger partial charge in [-0.3, -0.25) is 10.2 Å². The van der Waals surface area contributed by atoms with E-state index < -0.39 is 17.8 Å². The summed E-state index contributed by atoms with van der Waals surface area (Å²) in [5.74, 6) is -0.866. The highest BCUT2D eigenvalue weighted by Crippen LogP contribution is 2.25. The number of nitrogen functional groups attached to an aromatic ring is 1. The molecule has 2 rings (SSSR count). The predicted molar refractivity (Wildman–Crippen MR) is 104 cm³/mol. The van der Waals surface area contributed by atoms with E-state index in [1.807, 2.05) is 0 Å². The van der Waals surface area contributed by atoms with Crippen molar-refractivity contribution in [2.75, 3.05) is 14.2 Å². The molecule has 0 aliphatic heterocycles. The van der Waals surface area contributed by atoms with Gasteiger partial charge >= 0.3 is 0 Å². The first-order valence-corrected chi connectivity index (χ1v) is 8.02. The number of carbonyl (C=O) groups is 1. The zero-order chi connectivity index (χ0) is 19.3. The average Bonchev–Trinajstić information content (AvgIpc) is 2.62. The van der Waals surface area contributed by atoms with Gasteiger partial charge in [0.25, 0.3) is 5.91 Å². The van der Waals surface area contributed by atoms with Crippen LogP contribution in [0.15, 0.2) is 36.4 Å². The third-order valence-electron chi connectivity index (χ3n) is 3.78. The number of amides is 1. The van der Waals surface area contributed by atoms with Crippen molar-refractivity contribution in [3.8, 4) is 5.75 Å². The fourth-order valence-corrected chi connectivity index (χ4v) is 2.60. The molecular weight excluding hydrogens is 396 g/mol. The van der Waals surface area contributed by atoms with E-state index in [1.54, 1.807) is 24.3 Å². The number of rotatable bonds is 7. The third kappa shape index (κ3) is 5.56. The van der Waals surface area contributed by atoms with Gasteiger partial charge in [-0.2, -0.15) is 0 Å². The van der Waals surface area contributed by atoms with Crippen molar-refractivity contribution in [1.29, 1.82) is 5.41 Å². The first-order valence-electron chi connectivity index (χ1n) is 7.64. The number of benzene rings is 2. The Morgan fingerprint density at radius 2 is 2.00 bits per heavy atom. The van der Waals surface area contributed by atoms with Gasteiger partial charge in [0.2, 0.25) is 0 Å². The summed E-state index contributed by atoms with van der Waals surface area (Å²) in [7, 11) is 2.75. The van der Waals surface area contributed by atoms with Crippen molar-refractivity contribution in [2.24, 2.45) is 5.73 Å². The highest BCUT2D eigenvalue weighted by molar-refractivity contribution is 6.31. The number of hydrogen-bond donors (Lipinski definition) is 3. The van der Waals surface area contributed by atoms with E-state index in [1.165, 1.54) is 26.4 Å². The number of ether oxygens (including phenoxy) is 2. The molecule has 146 valence electrons. The predicted octanol–water partition coefficient (Wildman–Crippen LogP) is 3.20. The molecule has 27 heavy (non-hydrogen) atoms. The molecular formula is C18H20Cl2FN3O3. The highest BCUT2D eigenvalue weighted by Gasteiger charge is 2.23. The lowest BCUT2D eigenvalue weighted by Crippen LogP contribution is -2.30. The molecule has 0 heterocycles. The number of nitrogens with two attached hydrogens (primary N) is 1. The largest absolute Gasteiger partial charge is 0.497 e. The van der Waals surface area contributed by atoms with Crippen LogP contribution in [0.1, 0.15) is 22.8 Å².